The van der Waals surface area contributed by atoms with Crippen LogP contribution in [0, 0.1) is 0 Å². The highest BCUT2D eigenvalue weighted by molar-refractivity contribution is 6.32. The molecule has 0 unspecified atom stereocenters. The summed E-state index contributed by atoms with van der Waals surface area (Å²) in [5.74, 6) is 0.653. The van der Waals surface area contributed by atoms with Gasteiger partial charge < -0.3 is 17.2 Å². The Hall–Kier alpha value is -3.08. The summed E-state index contributed by atoms with van der Waals surface area (Å²) in [6.45, 7) is 5.47. The van der Waals surface area contributed by atoms with Gasteiger partial charge >= 0.3 is 0 Å². The monoisotopic (exact) mass is 293 g/mol. The number of nitrogens with zero attached hydrogens (tertiary/aromatic N) is 2. The molecule has 0 amide bonds. The van der Waals surface area contributed by atoms with Crippen molar-refractivity contribution in [3.63, 3.8) is 0 Å². The standard InChI is InChI=1S/C17H19N5/c1-11(18)16(14-8-9-15(20)21-10-14)17(22-12(2)19)13-6-4-3-5-7-13/h3-10H,2,18-19H2,1H3,(H2,20,21)/b16-11-,22-17-. The number of rotatable bonds is 4. The Morgan fingerprint density at radius 3 is 2.23 bits per heavy atom. The molecule has 0 aliphatic carbocycles. The molecule has 0 saturated carbocycles. The quantitative estimate of drug-likeness (QED) is 0.752. The van der Waals surface area contributed by atoms with Crippen molar-refractivity contribution in [2.75, 3.05) is 5.73 Å². The Morgan fingerprint density at radius 1 is 1.05 bits per heavy atom. The van der Waals surface area contributed by atoms with E-state index in [1.165, 1.54) is 0 Å². The van der Waals surface area contributed by atoms with Gasteiger partial charge in [-0.25, -0.2) is 9.98 Å². The van der Waals surface area contributed by atoms with Crippen molar-refractivity contribution in [2.24, 2.45) is 16.5 Å². The number of aromatic nitrogens is 1. The molecule has 1 aromatic heterocycles. The zero-order valence-electron chi connectivity index (χ0n) is 12.5. The molecule has 0 aliphatic rings. The van der Waals surface area contributed by atoms with Gasteiger partial charge in [0.1, 0.15) is 11.6 Å². The van der Waals surface area contributed by atoms with Crippen molar-refractivity contribution in [2.45, 2.75) is 6.92 Å². The van der Waals surface area contributed by atoms with Crippen LogP contribution >= 0.6 is 0 Å². The second-order valence-corrected chi connectivity index (χ2v) is 4.85. The molecule has 112 valence electrons. The van der Waals surface area contributed by atoms with Gasteiger partial charge in [-0.05, 0) is 19.1 Å². The van der Waals surface area contributed by atoms with Crippen molar-refractivity contribution in [1.82, 2.24) is 4.98 Å². The van der Waals surface area contributed by atoms with E-state index in [9.17, 15) is 0 Å². The van der Waals surface area contributed by atoms with Crippen LogP contribution in [0.3, 0.4) is 0 Å². The SMILES string of the molecule is C=C(N)/N=C(\C(=C(\C)N)c1ccc(N)nc1)c1ccccc1. The number of nitrogen functional groups attached to an aromatic ring is 1. The van der Waals surface area contributed by atoms with Crippen LogP contribution < -0.4 is 17.2 Å². The third kappa shape index (κ3) is 3.52. The lowest BCUT2D eigenvalue weighted by molar-refractivity contribution is 1.25. The Kier molecular flexibility index (Phi) is 4.58. The number of hydrogen-bond donors (Lipinski definition) is 3. The largest absolute Gasteiger partial charge is 0.402 e. The molecule has 1 heterocycles. The summed E-state index contributed by atoms with van der Waals surface area (Å²) in [5.41, 5.74) is 21.2. The maximum atomic E-state index is 6.09. The number of anilines is 1. The molecule has 6 N–H and O–H groups in total. The average Bonchev–Trinajstić information content (AvgIpc) is 2.49. The fraction of sp³-hybridized carbons (Fsp3) is 0.0588. The molecule has 0 fully saturated rings. The van der Waals surface area contributed by atoms with Gasteiger partial charge in [-0.3, -0.25) is 0 Å². The van der Waals surface area contributed by atoms with Crippen LogP contribution in [0.2, 0.25) is 0 Å². The minimum atomic E-state index is 0.209. The van der Waals surface area contributed by atoms with Crippen LogP contribution in [0.15, 0.2) is 71.8 Å². The van der Waals surface area contributed by atoms with E-state index < -0.39 is 0 Å². The van der Waals surface area contributed by atoms with Crippen molar-refractivity contribution < 1.29 is 0 Å². The lowest BCUT2D eigenvalue weighted by atomic mass is 9.95. The van der Waals surface area contributed by atoms with E-state index in [-0.39, 0.29) is 5.82 Å². The van der Waals surface area contributed by atoms with Gasteiger partial charge in [0.25, 0.3) is 0 Å². The normalized spacial score (nSPS) is 12.7. The fourth-order valence-corrected chi connectivity index (χ4v) is 2.11. The van der Waals surface area contributed by atoms with Crippen molar-refractivity contribution in [1.29, 1.82) is 0 Å². The predicted octanol–water partition coefficient (Wildman–Crippen LogP) is 2.27. The van der Waals surface area contributed by atoms with Crippen LogP contribution in [-0.2, 0) is 0 Å². The molecule has 2 rings (SSSR count). The Balaban J connectivity index is 2.64. The number of pyridine rings is 1. The Morgan fingerprint density at radius 2 is 1.73 bits per heavy atom. The van der Waals surface area contributed by atoms with Crippen LogP contribution in [0.25, 0.3) is 5.57 Å². The molecule has 0 radical (unpaired) electrons. The summed E-state index contributed by atoms with van der Waals surface area (Å²) in [5, 5.41) is 0. The molecule has 5 heteroatoms. The van der Waals surface area contributed by atoms with Crippen molar-refractivity contribution in [3.8, 4) is 0 Å². The molecule has 1 aromatic carbocycles. The highest BCUT2D eigenvalue weighted by atomic mass is 14.9. The minimum absolute atomic E-state index is 0.209. The fourth-order valence-electron chi connectivity index (χ4n) is 2.11. The van der Waals surface area contributed by atoms with Crippen molar-refractivity contribution >= 4 is 17.1 Å². The van der Waals surface area contributed by atoms with Gasteiger partial charge in [-0.15, -0.1) is 0 Å². The van der Waals surface area contributed by atoms with E-state index in [2.05, 4.69) is 16.6 Å². The zero-order chi connectivity index (χ0) is 16.1. The summed E-state index contributed by atoms with van der Waals surface area (Å²) in [6, 6.07) is 13.2. The smallest absolute Gasteiger partial charge is 0.123 e. The first kappa shape index (κ1) is 15.3. The van der Waals surface area contributed by atoms with Crippen LogP contribution in [0.4, 0.5) is 5.82 Å². The van der Waals surface area contributed by atoms with Crippen LogP contribution in [0.1, 0.15) is 18.1 Å². The number of hydrogen-bond acceptors (Lipinski definition) is 5. The third-order valence-corrected chi connectivity index (χ3v) is 3.01. The van der Waals surface area contributed by atoms with E-state index >= 15 is 0 Å². The molecule has 0 atom stereocenters. The molecule has 5 nitrogen and oxygen atoms in total. The van der Waals surface area contributed by atoms with E-state index in [1.807, 2.05) is 43.3 Å². The summed E-state index contributed by atoms with van der Waals surface area (Å²) in [4.78, 5) is 8.49. The maximum Gasteiger partial charge on any atom is 0.123 e. The predicted molar refractivity (Wildman–Crippen MR) is 91.7 cm³/mol. The molecular formula is C17H19N5. The summed E-state index contributed by atoms with van der Waals surface area (Å²) in [7, 11) is 0. The van der Waals surface area contributed by atoms with Gasteiger partial charge in [0.2, 0.25) is 0 Å². The second kappa shape index (κ2) is 6.58. The highest BCUT2D eigenvalue weighted by Gasteiger charge is 2.15. The topological polar surface area (TPSA) is 103 Å². The van der Waals surface area contributed by atoms with Crippen LogP contribution in [-0.4, -0.2) is 10.7 Å². The highest BCUT2D eigenvalue weighted by Crippen LogP contribution is 2.23. The average molecular weight is 293 g/mol. The van der Waals surface area contributed by atoms with Crippen molar-refractivity contribution in [3.05, 3.63) is 77.9 Å². The number of allylic oxidation sites excluding steroid dienone is 2. The number of nitrogens with two attached hydrogens (primary N) is 3. The Labute approximate surface area is 129 Å². The molecule has 2 aromatic rings. The number of benzene rings is 1. The molecular weight excluding hydrogens is 274 g/mol. The van der Waals surface area contributed by atoms with E-state index in [0.717, 1.165) is 16.7 Å². The molecule has 22 heavy (non-hydrogen) atoms. The van der Waals surface area contributed by atoms with E-state index in [1.54, 1.807) is 12.3 Å². The summed E-state index contributed by atoms with van der Waals surface area (Å²) < 4.78 is 0. The zero-order valence-corrected chi connectivity index (χ0v) is 12.5. The van der Waals surface area contributed by atoms with Gasteiger partial charge in [0.05, 0.1) is 5.71 Å². The maximum absolute atomic E-state index is 6.09. The summed E-state index contributed by atoms with van der Waals surface area (Å²) >= 11 is 0. The molecule has 0 bridgehead atoms. The van der Waals surface area contributed by atoms with Gasteiger partial charge in [0, 0.05) is 28.6 Å². The van der Waals surface area contributed by atoms with E-state index in [0.29, 0.717) is 17.2 Å². The third-order valence-electron chi connectivity index (χ3n) is 3.01. The molecule has 0 spiro atoms. The molecule has 0 saturated heterocycles. The number of aliphatic imine (C=N–C) groups is 1. The second-order valence-electron chi connectivity index (χ2n) is 4.85. The van der Waals surface area contributed by atoms with Gasteiger partial charge in [0.15, 0.2) is 0 Å². The van der Waals surface area contributed by atoms with Gasteiger partial charge in [-0.2, -0.15) is 0 Å². The van der Waals surface area contributed by atoms with Gasteiger partial charge in [-0.1, -0.05) is 36.9 Å². The lowest BCUT2D eigenvalue weighted by Gasteiger charge is -2.14. The first-order valence-corrected chi connectivity index (χ1v) is 6.76. The van der Waals surface area contributed by atoms with E-state index in [4.69, 9.17) is 17.2 Å². The summed E-state index contributed by atoms with van der Waals surface area (Å²) in [6.07, 6.45) is 1.67. The van der Waals surface area contributed by atoms with Crippen LogP contribution in [0.5, 0.6) is 0 Å². The lowest BCUT2D eigenvalue weighted by Crippen LogP contribution is -2.12. The Bertz CT molecular complexity index is 723. The first-order chi connectivity index (χ1) is 10.5. The first-order valence-electron chi connectivity index (χ1n) is 6.76. The minimum Gasteiger partial charge on any atom is -0.402 e. The molecule has 0 aliphatic heterocycles.